The zero-order chi connectivity index (χ0) is 14.1. The average molecular weight is 278 g/mol. The van der Waals surface area contributed by atoms with E-state index in [-0.39, 0.29) is 18.9 Å². The van der Waals surface area contributed by atoms with Gasteiger partial charge in [0, 0.05) is 19.6 Å². The molecule has 2 atom stereocenters. The van der Waals surface area contributed by atoms with Gasteiger partial charge < -0.3 is 10.2 Å². The maximum Gasteiger partial charge on any atom is 0.393 e. The summed E-state index contributed by atoms with van der Waals surface area (Å²) in [6.45, 7) is 3.61. The van der Waals surface area contributed by atoms with Gasteiger partial charge in [0.2, 0.25) is 5.91 Å². The number of carbonyl (C=O) groups excluding carboxylic acids is 1. The largest absolute Gasteiger partial charge is 0.393 e. The Morgan fingerprint density at radius 1 is 1.47 bits per heavy atom. The zero-order valence-corrected chi connectivity index (χ0v) is 11.2. The molecule has 0 radical (unpaired) electrons. The van der Waals surface area contributed by atoms with Crippen molar-refractivity contribution in [2.75, 3.05) is 26.2 Å². The first-order chi connectivity index (χ1) is 8.89. The first-order valence-electron chi connectivity index (χ1n) is 6.96. The van der Waals surface area contributed by atoms with E-state index in [4.69, 9.17) is 0 Å². The Morgan fingerprint density at radius 2 is 2.21 bits per heavy atom. The summed E-state index contributed by atoms with van der Waals surface area (Å²) in [6, 6.07) is 0. The van der Waals surface area contributed by atoms with Gasteiger partial charge in [-0.1, -0.05) is 6.92 Å². The van der Waals surface area contributed by atoms with Crippen LogP contribution in [-0.4, -0.2) is 43.2 Å². The molecular weight excluding hydrogens is 257 g/mol. The maximum absolute atomic E-state index is 12.8. The second kappa shape index (κ2) is 5.31. The third-order valence-corrected chi connectivity index (χ3v) is 4.55. The van der Waals surface area contributed by atoms with Crippen LogP contribution < -0.4 is 5.32 Å². The first kappa shape index (κ1) is 14.6. The lowest BCUT2D eigenvalue weighted by molar-refractivity contribution is -0.189. The molecule has 2 saturated heterocycles. The van der Waals surface area contributed by atoms with Crippen molar-refractivity contribution in [2.24, 2.45) is 11.3 Å². The number of carbonyl (C=O) groups is 1. The number of hydrogen-bond donors (Lipinski definition) is 1. The van der Waals surface area contributed by atoms with Crippen LogP contribution in [0.15, 0.2) is 0 Å². The molecule has 2 aliphatic rings. The van der Waals surface area contributed by atoms with Crippen molar-refractivity contribution < 1.29 is 18.0 Å². The van der Waals surface area contributed by atoms with Crippen molar-refractivity contribution in [3.05, 3.63) is 0 Å². The number of nitrogens with one attached hydrogen (secondary N) is 1. The first-order valence-corrected chi connectivity index (χ1v) is 6.96. The lowest BCUT2D eigenvalue weighted by Crippen LogP contribution is -2.51. The highest BCUT2D eigenvalue weighted by atomic mass is 19.4. The summed E-state index contributed by atoms with van der Waals surface area (Å²) in [5, 5.41) is 3.16. The minimum atomic E-state index is -4.19. The van der Waals surface area contributed by atoms with Gasteiger partial charge in [0.05, 0.1) is 11.3 Å². The molecule has 2 heterocycles. The van der Waals surface area contributed by atoms with Crippen LogP contribution in [0.2, 0.25) is 0 Å². The maximum atomic E-state index is 12.8. The number of hydrogen-bond acceptors (Lipinski definition) is 2. The predicted molar refractivity (Wildman–Crippen MR) is 65.6 cm³/mol. The van der Waals surface area contributed by atoms with E-state index in [1.54, 1.807) is 0 Å². The fraction of sp³-hybridized carbons (Fsp3) is 0.923. The Labute approximate surface area is 111 Å². The van der Waals surface area contributed by atoms with Gasteiger partial charge in [0.15, 0.2) is 0 Å². The smallest absolute Gasteiger partial charge is 0.342 e. The van der Waals surface area contributed by atoms with E-state index in [0.29, 0.717) is 25.9 Å². The Balaban J connectivity index is 2.06. The number of rotatable bonds is 2. The molecule has 0 saturated carbocycles. The molecule has 0 bridgehead atoms. The van der Waals surface area contributed by atoms with E-state index in [0.717, 1.165) is 13.0 Å². The van der Waals surface area contributed by atoms with Crippen molar-refractivity contribution >= 4 is 5.91 Å². The second-order valence-corrected chi connectivity index (χ2v) is 5.69. The molecule has 0 aromatic rings. The van der Waals surface area contributed by atoms with Crippen molar-refractivity contribution in [3.63, 3.8) is 0 Å². The van der Waals surface area contributed by atoms with Crippen LogP contribution in [0, 0.1) is 11.3 Å². The summed E-state index contributed by atoms with van der Waals surface area (Å²) >= 11 is 0. The SMILES string of the molecule is CCC1(C(=O)N2CCCC(C(F)(F)F)C2)CCNC1. The molecule has 2 unspecified atom stereocenters. The van der Waals surface area contributed by atoms with E-state index in [9.17, 15) is 18.0 Å². The lowest BCUT2D eigenvalue weighted by Gasteiger charge is -2.38. The third-order valence-electron chi connectivity index (χ3n) is 4.55. The molecular formula is C13H21F3N2O. The van der Waals surface area contributed by atoms with Crippen LogP contribution in [0.3, 0.4) is 0 Å². The molecule has 0 aliphatic carbocycles. The monoisotopic (exact) mass is 278 g/mol. The number of likely N-dealkylation sites (tertiary alicyclic amines) is 1. The molecule has 1 N–H and O–H groups in total. The normalized spacial score (nSPS) is 32.6. The standard InChI is InChI=1S/C13H21F3N2O/c1-2-12(5-6-17-9-12)11(19)18-7-3-4-10(8-18)13(14,15)16/h10,17H,2-9H2,1H3. The van der Waals surface area contributed by atoms with E-state index < -0.39 is 17.5 Å². The van der Waals surface area contributed by atoms with E-state index >= 15 is 0 Å². The van der Waals surface area contributed by atoms with Crippen molar-refractivity contribution in [3.8, 4) is 0 Å². The van der Waals surface area contributed by atoms with Gasteiger partial charge in [-0.3, -0.25) is 4.79 Å². The Hall–Kier alpha value is -0.780. The topological polar surface area (TPSA) is 32.3 Å². The molecule has 19 heavy (non-hydrogen) atoms. The number of halogens is 3. The number of alkyl halides is 3. The zero-order valence-electron chi connectivity index (χ0n) is 11.2. The summed E-state index contributed by atoms with van der Waals surface area (Å²) < 4.78 is 38.3. The van der Waals surface area contributed by atoms with Crippen LogP contribution in [0.4, 0.5) is 13.2 Å². The van der Waals surface area contributed by atoms with Crippen LogP contribution in [0.5, 0.6) is 0 Å². The number of piperidine rings is 1. The lowest BCUT2D eigenvalue weighted by atomic mass is 9.81. The fourth-order valence-corrected chi connectivity index (χ4v) is 3.14. The molecule has 0 aromatic heterocycles. The third kappa shape index (κ3) is 2.88. The predicted octanol–water partition coefficient (Wildman–Crippen LogP) is 2.18. The molecule has 2 rings (SSSR count). The molecule has 2 aliphatic heterocycles. The van der Waals surface area contributed by atoms with Crippen LogP contribution in [0.25, 0.3) is 0 Å². The summed E-state index contributed by atoms with van der Waals surface area (Å²) in [5.74, 6) is -1.44. The Morgan fingerprint density at radius 3 is 2.74 bits per heavy atom. The van der Waals surface area contributed by atoms with Gasteiger partial charge in [0.1, 0.15) is 0 Å². The van der Waals surface area contributed by atoms with E-state index in [1.165, 1.54) is 4.90 Å². The van der Waals surface area contributed by atoms with Crippen molar-refractivity contribution in [1.29, 1.82) is 0 Å². The summed E-state index contributed by atoms with van der Waals surface area (Å²) in [5.41, 5.74) is -0.479. The highest BCUT2D eigenvalue weighted by molar-refractivity contribution is 5.83. The van der Waals surface area contributed by atoms with Crippen LogP contribution in [0.1, 0.15) is 32.6 Å². The highest BCUT2D eigenvalue weighted by Crippen LogP contribution is 2.37. The van der Waals surface area contributed by atoms with Crippen molar-refractivity contribution in [2.45, 2.75) is 38.8 Å². The van der Waals surface area contributed by atoms with Gasteiger partial charge >= 0.3 is 6.18 Å². The highest BCUT2D eigenvalue weighted by Gasteiger charge is 2.47. The number of amides is 1. The Kier molecular flexibility index (Phi) is 4.08. The molecule has 0 aromatic carbocycles. The van der Waals surface area contributed by atoms with Gasteiger partial charge in [-0.2, -0.15) is 13.2 Å². The average Bonchev–Trinajstić information content (AvgIpc) is 2.87. The second-order valence-electron chi connectivity index (χ2n) is 5.69. The number of nitrogens with zero attached hydrogens (tertiary/aromatic N) is 1. The molecule has 2 fully saturated rings. The minimum Gasteiger partial charge on any atom is -0.342 e. The van der Waals surface area contributed by atoms with Crippen molar-refractivity contribution in [1.82, 2.24) is 10.2 Å². The van der Waals surface area contributed by atoms with Crippen LogP contribution >= 0.6 is 0 Å². The van der Waals surface area contributed by atoms with Crippen LogP contribution in [-0.2, 0) is 4.79 Å². The summed E-state index contributed by atoms with van der Waals surface area (Å²) in [7, 11) is 0. The van der Waals surface area contributed by atoms with Gasteiger partial charge in [-0.25, -0.2) is 0 Å². The van der Waals surface area contributed by atoms with E-state index in [2.05, 4.69) is 5.32 Å². The molecule has 6 heteroatoms. The molecule has 3 nitrogen and oxygen atoms in total. The molecule has 1 amide bonds. The minimum absolute atomic E-state index is 0.0889. The molecule has 0 spiro atoms. The van der Waals surface area contributed by atoms with Gasteiger partial charge in [-0.15, -0.1) is 0 Å². The molecule has 110 valence electrons. The van der Waals surface area contributed by atoms with Gasteiger partial charge in [0.25, 0.3) is 0 Å². The quantitative estimate of drug-likeness (QED) is 0.839. The van der Waals surface area contributed by atoms with Gasteiger partial charge in [-0.05, 0) is 32.2 Å². The summed E-state index contributed by atoms with van der Waals surface area (Å²) in [4.78, 5) is 14.0. The summed E-state index contributed by atoms with van der Waals surface area (Å²) in [6.07, 6.45) is -2.18. The van der Waals surface area contributed by atoms with E-state index in [1.807, 2.05) is 6.92 Å². The fourth-order valence-electron chi connectivity index (χ4n) is 3.14. The Bertz CT molecular complexity index is 337.